The molecule has 2 unspecified atom stereocenters. The van der Waals surface area contributed by atoms with Crippen molar-refractivity contribution >= 4 is 26.0 Å². The highest BCUT2D eigenvalue weighted by Gasteiger charge is 2.29. The lowest BCUT2D eigenvalue weighted by atomic mass is 10.0. The van der Waals surface area contributed by atoms with E-state index >= 15 is 0 Å². The predicted octanol–water partition coefficient (Wildman–Crippen LogP) is 1.26. The zero-order valence-corrected chi connectivity index (χ0v) is 14.0. The van der Waals surface area contributed by atoms with Gasteiger partial charge in [0.25, 0.3) is 0 Å². The number of piperidine rings is 1. The van der Waals surface area contributed by atoms with Crippen LogP contribution in [0.2, 0.25) is 0 Å². The van der Waals surface area contributed by atoms with Gasteiger partial charge in [-0.25, -0.2) is 13.1 Å². The number of sulfonamides is 1. The lowest BCUT2D eigenvalue weighted by molar-refractivity contribution is 0.178. The van der Waals surface area contributed by atoms with E-state index in [0.29, 0.717) is 11.8 Å². The number of halogens is 1. The molecule has 0 saturated carbocycles. The smallest absolute Gasteiger partial charge is 0.245 e. The molecule has 0 amide bonds. The van der Waals surface area contributed by atoms with Crippen molar-refractivity contribution in [3.63, 3.8) is 0 Å². The fourth-order valence-corrected chi connectivity index (χ4v) is 4.64. The molecule has 1 saturated heterocycles. The Kier molecular flexibility index (Phi) is 4.91. The van der Waals surface area contributed by atoms with Gasteiger partial charge in [0.2, 0.25) is 10.0 Å². The second-order valence-corrected chi connectivity index (χ2v) is 7.63. The molecular formula is C12H20BrN3O3S. The van der Waals surface area contributed by atoms with Crippen LogP contribution in [-0.4, -0.2) is 39.0 Å². The number of nitrogens with one attached hydrogen (secondary N) is 1. The van der Waals surface area contributed by atoms with Crippen LogP contribution in [0.25, 0.3) is 0 Å². The summed E-state index contributed by atoms with van der Waals surface area (Å²) < 4.78 is 33.0. The van der Waals surface area contributed by atoms with Gasteiger partial charge in [-0.1, -0.05) is 0 Å². The zero-order chi connectivity index (χ0) is 14.9. The van der Waals surface area contributed by atoms with Crippen LogP contribution in [0.15, 0.2) is 20.0 Å². The Morgan fingerprint density at radius 3 is 2.85 bits per heavy atom. The Morgan fingerprint density at radius 2 is 2.30 bits per heavy atom. The van der Waals surface area contributed by atoms with Crippen LogP contribution in [0.5, 0.6) is 0 Å². The second kappa shape index (κ2) is 6.15. The normalized spacial score (nSPS) is 25.0. The first kappa shape index (κ1) is 16.0. The summed E-state index contributed by atoms with van der Waals surface area (Å²) in [7, 11) is -1.53. The zero-order valence-electron chi connectivity index (χ0n) is 11.6. The van der Waals surface area contributed by atoms with Crippen molar-refractivity contribution in [2.45, 2.75) is 43.3 Å². The molecule has 20 heavy (non-hydrogen) atoms. The largest absolute Gasteiger partial charge is 0.452 e. The van der Waals surface area contributed by atoms with E-state index in [0.717, 1.165) is 19.4 Å². The fourth-order valence-electron chi connectivity index (χ4n) is 2.36. The van der Waals surface area contributed by atoms with Crippen LogP contribution in [0, 0.1) is 0 Å². The van der Waals surface area contributed by atoms with Crippen molar-refractivity contribution in [1.29, 1.82) is 0 Å². The van der Waals surface area contributed by atoms with Gasteiger partial charge >= 0.3 is 0 Å². The number of furan rings is 1. The highest BCUT2D eigenvalue weighted by atomic mass is 79.9. The minimum Gasteiger partial charge on any atom is -0.452 e. The molecule has 1 aliphatic rings. The maximum Gasteiger partial charge on any atom is 0.245 e. The molecule has 6 nitrogen and oxygen atoms in total. The maximum atomic E-state index is 12.4. The van der Waals surface area contributed by atoms with Crippen molar-refractivity contribution in [2.24, 2.45) is 5.73 Å². The molecule has 0 spiro atoms. The van der Waals surface area contributed by atoms with Gasteiger partial charge in [0, 0.05) is 18.2 Å². The molecule has 1 aliphatic heterocycles. The lowest BCUT2D eigenvalue weighted by Gasteiger charge is -2.35. The lowest BCUT2D eigenvalue weighted by Crippen LogP contribution is -2.47. The van der Waals surface area contributed by atoms with Crippen LogP contribution in [0.1, 0.15) is 25.5 Å². The van der Waals surface area contributed by atoms with Gasteiger partial charge in [-0.15, -0.1) is 0 Å². The minimum absolute atomic E-state index is 0.0469. The Bertz CT molecular complexity index is 573. The summed E-state index contributed by atoms with van der Waals surface area (Å²) in [5, 5.41) is 0. The number of rotatable bonds is 4. The SMILES string of the molecule is CC1CC(NS(=O)(=O)c2cc(CN)oc2Br)CCN1C. The molecule has 2 atom stereocenters. The number of hydrogen-bond donors (Lipinski definition) is 2. The van der Waals surface area contributed by atoms with Gasteiger partial charge < -0.3 is 15.1 Å². The van der Waals surface area contributed by atoms with E-state index in [1.165, 1.54) is 6.07 Å². The third kappa shape index (κ3) is 3.43. The van der Waals surface area contributed by atoms with E-state index in [9.17, 15) is 8.42 Å². The van der Waals surface area contributed by atoms with Crippen molar-refractivity contribution in [3.05, 3.63) is 16.5 Å². The van der Waals surface area contributed by atoms with Crippen LogP contribution < -0.4 is 10.5 Å². The summed E-state index contributed by atoms with van der Waals surface area (Å²) in [6.45, 7) is 3.15. The van der Waals surface area contributed by atoms with Crippen LogP contribution >= 0.6 is 15.9 Å². The molecule has 0 aromatic carbocycles. The topological polar surface area (TPSA) is 88.6 Å². The molecule has 1 aromatic heterocycles. The van der Waals surface area contributed by atoms with Gasteiger partial charge in [-0.3, -0.25) is 0 Å². The van der Waals surface area contributed by atoms with Gasteiger partial charge in [-0.05, 0) is 49.3 Å². The van der Waals surface area contributed by atoms with E-state index in [1.807, 2.05) is 0 Å². The average molecular weight is 366 g/mol. The van der Waals surface area contributed by atoms with E-state index in [-0.39, 0.29) is 22.2 Å². The quantitative estimate of drug-likeness (QED) is 0.838. The predicted molar refractivity (Wildman–Crippen MR) is 79.7 cm³/mol. The summed E-state index contributed by atoms with van der Waals surface area (Å²) in [6.07, 6.45) is 1.61. The van der Waals surface area contributed by atoms with E-state index in [2.05, 4.69) is 39.5 Å². The number of likely N-dealkylation sites (tertiary alicyclic amines) is 1. The van der Waals surface area contributed by atoms with E-state index in [4.69, 9.17) is 10.2 Å². The average Bonchev–Trinajstić information content (AvgIpc) is 2.76. The molecule has 2 heterocycles. The second-order valence-electron chi connectivity index (χ2n) is 5.23. The van der Waals surface area contributed by atoms with Crippen molar-refractivity contribution in [1.82, 2.24) is 9.62 Å². The maximum absolute atomic E-state index is 12.4. The summed E-state index contributed by atoms with van der Waals surface area (Å²) in [5.41, 5.74) is 5.46. The monoisotopic (exact) mass is 365 g/mol. The Labute approximate surface area is 127 Å². The molecule has 0 radical (unpaired) electrons. The fraction of sp³-hybridized carbons (Fsp3) is 0.667. The van der Waals surface area contributed by atoms with Crippen LogP contribution in [-0.2, 0) is 16.6 Å². The standard InChI is InChI=1S/C12H20BrN3O3S/c1-8-5-9(3-4-16(8)2)15-20(17,18)11-6-10(7-14)19-12(11)13/h6,8-9,15H,3-5,7,14H2,1-2H3. The molecule has 0 bridgehead atoms. The van der Waals surface area contributed by atoms with Crippen molar-refractivity contribution in [3.8, 4) is 0 Å². The molecular weight excluding hydrogens is 346 g/mol. The minimum atomic E-state index is -3.59. The Balaban J connectivity index is 2.13. The molecule has 1 aromatic rings. The third-order valence-electron chi connectivity index (χ3n) is 3.73. The molecule has 8 heteroatoms. The van der Waals surface area contributed by atoms with Crippen LogP contribution in [0.3, 0.4) is 0 Å². The first-order chi connectivity index (χ1) is 9.33. The number of nitrogens with two attached hydrogens (primary N) is 1. The van der Waals surface area contributed by atoms with Crippen molar-refractivity contribution in [2.75, 3.05) is 13.6 Å². The summed E-state index contributed by atoms with van der Waals surface area (Å²) in [5.74, 6) is 0.439. The van der Waals surface area contributed by atoms with Crippen molar-refractivity contribution < 1.29 is 12.8 Å². The van der Waals surface area contributed by atoms with Gasteiger partial charge in [-0.2, -0.15) is 0 Å². The number of nitrogens with zero attached hydrogens (tertiary/aromatic N) is 1. The van der Waals surface area contributed by atoms with Crippen LogP contribution in [0.4, 0.5) is 0 Å². The first-order valence-electron chi connectivity index (χ1n) is 6.54. The molecule has 114 valence electrons. The molecule has 0 aliphatic carbocycles. The summed E-state index contributed by atoms with van der Waals surface area (Å²) >= 11 is 3.13. The van der Waals surface area contributed by atoms with Gasteiger partial charge in [0.1, 0.15) is 10.7 Å². The summed E-state index contributed by atoms with van der Waals surface area (Å²) in [4.78, 5) is 2.34. The first-order valence-corrected chi connectivity index (χ1v) is 8.82. The molecule has 1 fully saturated rings. The highest BCUT2D eigenvalue weighted by molar-refractivity contribution is 9.10. The van der Waals surface area contributed by atoms with Gasteiger partial charge in [0.15, 0.2) is 4.67 Å². The van der Waals surface area contributed by atoms with E-state index < -0.39 is 10.0 Å². The highest BCUT2D eigenvalue weighted by Crippen LogP contribution is 2.27. The third-order valence-corrected chi connectivity index (χ3v) is 6.10. The number of hydrogen-bond acceptors (Lipinski definition) is 5. The summed E-state index contributed by atoms with van der Waals surface area (Å²) in [6, 6.07) is 1.78. The Hall–Kier alpha value is -0.410. The van der Waals surface area contributed by atoms with Gasteiger partial charge in [0.05, 0.1) is 6.54 Å². The molecule has 3 N–H and O–H groups in total. The van der Waals surface area contributed by atoms with E-state index in [1.54, 1.807) is 0 Å². The Morgan fingerprint density at radius 1 is 1.60 bits per heavy atom. The molecule has 2 rings (SSSR count).